The van der Waals surface area contributed by atoms with Gasteiger partial charge in [0.25, 0.3) is 0 Å². The van der Waals surface area contributed by atoms with Crippen LogP contribution in [-0.4, -0.2) is 11.0 Å². The summed E-state index contributed by atoms with van der Waals surface area (Å²) in [7, 11) is 0. The molecule has 2 unspecified atom stereocenters. The molecule has 0 bridgehead atoms. The van der Waals surface area contributed by atoms with Crippen molar-refractivity contribution < 1.29 is 0 Å². The van der Waals surface area contributed by atoms with Gasteiger partial charge in [-0.3, -0.25) is 4.98 Å². The summed E-state index contributed by atoms with van der Waals surface area (Å²) in [6.07, 6.45) is 9.18. The van der Waals surface area contributed by atoms with E-state index in [1.807, 2.05) is 12.4 Å². The van der Waals surface area contributed by atoms with Gasteiger partial charge in [0, 0.05) is 25.0 Å². The van der Waals surface area contributed by atoms with Gasteiger partial charge in [0.15, 0.2) is 0 Å². The molecule has 0 aromatic carbocycles. The predicted octanol–water partition coefficient (Wildman–Crippen LogP) is 2.75. The number of aromatic nitrogens is 1. The van der Waals surface area contributed by atoms with Gasteiger partial charge in [0.2, 0.25) is 0 Å². The minimum atomic E-state index is 0.739. The number of hydrogen-bond acceptors (Lipinski definition) is 2. The Morgan fingerprint density at radius 3 is 2.80 bits per heavy atom. The zero-order chi connectivity index (χ0) is 10.5. The van der Waals surface area contributed by atoms with E-state index < -0.39 is 0 Å². The van der Waals surface area contributed by atoms with E-state index in [1.54, 1.807) is 0 Å². The Hall–Kier alpha value is -0.890. The molecular formula is C13H20N2. The van der Waals surface area contributed by atoms with E-state index >= 15 is 0 Å². The average molecular weight is 204 g/mol. The minimum absolute atomic E-state index is 0.739. The van der Waals surface area contributed by atoms with Gasteiger partial charge in [-0.2, -0.15) is 0 Å². The highest BCUT2D eigenvalue weighted by atomic mass is 14.9. The van der Waals surface area contributed by atoms with Gasteiger partial charge in [-0.25, -0.2) is 0 Å². The molecule has 1 N–H and O–H groups in total. The van der Waals surface area contributed by atoms with Crippen LogP contribution >= 0.6 is 0 Å². The van der Waals surface area contributed by atoms with Gasteiger partial charge in [-0.15, -0.1) is 0 Å². The molecule has 2 atom stereocenters. The maximum atomic E-state index is 4.02. The molecule has 0 saturated heterocycles. The highest BCUT2D eigenvalue weighted by Gasteiger charge is 2.22. The van der Waals surface area contributed by atoms with Crippen molar-refractivity contribution in [3.05, 3.63) is 30.1 Å². The van der Waals surface area contributed by atoms with Crippen molar-refractivity contribution in [2.24, 2.45) is 5.92 Å². The first-order valence-corrected chi connectivity index (χ1v) is 6.00. The molecule has 0 spiro atoms. The SMILES string of the molecule is CCC1CCC(NCc2ccncc2)C1. The smallest absolute Gasteiger partial charge is 0.0271 e. The molecular weight excluding hydrogens is 184 g/mol. The van der Waals surface area contributed by atoms with Crippen LogP contribution in [-0.2, 0) is 6.54 Å². The van der Waals surface area contributed by atoms with Crippen molar-refractivity contribution in [1.82, 2.24) is 10.3 Å². The Labute approximate surface area is 92.1 Å². The van der Waals surface area contributed by atoms with Crippen LogP contribution in [0.1, 0.15) is 38.2 Å². The fourth-order valence-corrected chi connectivity index (χ4v) is 2.39. The number of nitrogens with zero attached hydrogens (tertiary/aromatic N) is 1. The van der Waals surface area contributed by atoms with Gasteiger partial charge >= 0.3 is 0 Å². The fraction of sp³-hybridized carbons (Fsp3) is 0.615. The van der Waals surface area contributed by atoms with Crippen LogP contribution < -0.4 is 5.32 Å². The molecule has 15 heavy (non-hydrogen) atoms. The number of pyridine rings is 1. The molecule has 0 aliphatic heterocycles. The third kappa shape index (κ3) is 3.03. The first kappa shape index (κ1) is 10.6. The molecule has 1 aliphatic rings. The first-order chi connectivity index (χ1) is 7.38. The van der Waals surface area contributed by atoms with Gasteiger partial charge in [0.05, 0.1) is 0 Å². The standard InChI is InChI=1S/C13H20N2/c1-2-11-3-4-13(9-11)15-10-12-5-7-14-8-6-12/h5-8,11,13,15H,2-4,9-10H2,1H3. The molecule has 2 rings (SSSR count). The average Bonchev–Trinajstić information content (AvgIpc) is 2.76. The summed E-state index contributed by atoms with van der Waals surface area (Å²) in [4.78, 5) is 4.02. The van der Waals surface area contributed by atoms with E-state index in [2.05, 4.69) is 29.4 Å². The fourth-order valence-electron chi connectivity index (χ4n) is 2.39. The summed E-state index contributed by atoms with van der Waals surface area (Å²) in [5.41, 5.74) is 1.34. The number of nitrogens with one attached hydrogen (secondary N) is 1. The van der Waals surface area contributed by atoms with Gasteiger partial charge in [-0.05, 0) is 42.9 Å². The Bertz CT molecular complexity index is 284. The molecule has 1 fully saturated rings. The lowest BCUT2D eigenvalue weighted by molar-refractivity contribution is 0.476. The number of rotatable bonds is 4. The van der Waals surface area contributed by atoms with Crippen molar-refractivity contribution in [1.29, 1.82) is 0 Å². The molecule has 0 amide bonds. The second-order valence-electron chi connectivity index (χ2n) is 4.52. The highest BCUT2D eigenvalue weighted by molar-refractivity contribution is 5.09. The summed E-state index contributed by atoms with van der Waals surface area (Å²) >= 11 is 0. The quantitative estimate of drug-likeness (QED) is 0.815. The van der Waals surface area contributed by atoms with Crippen LogP contribution in [0.4, 0.5) is 0 Å². The van der Waals surface area contributed by atoms with Gasteiger partial charge in [-0.1, -0.05) is 13.3 Å². The largest absolute Gasteiger partial charge is 0.310 e. The highest BCUT2D eigenvalue weighted by Crippen LogP contribution is 2.27. The third-order valence-corrected chi connectivity index (χ3v) is 3.46. The zero-order valence-electron chi connectivity index (χ0n) is 9.45. The van der Waals surface area contributed by atoms with E-state index in [4.69, 9.17) is 0 Å². The normalized spacial score (nSPS) is 25.7. The van der Waals surface area contributed by atoms with Gasteiger partial charge in [0.1, 0.15) is 0 Å². The second-order valence-corrected chi connectivity index (χ2v) is 4.52. The van der Waals surface area contributed by atoms with Crippen LogP contribution in [0.25, 0.3) is 0 Å². The molecule has 1 aliphatic carbocycles. The van der Waals surface area contributed by atoms with Crippen molar-refractivity contribution in [2.45, 2.75) is 45.2 Å². The van der Waals surface area contributed by atoms with E-state index in [-0.39, 0.29) is 0 Å². The second kappa shape index (κ2) is 5.26. The maximum absolute atomic E-state index is 4.02. The summed E-state index contributed by atoms with van der Waals surface area (Å²) in [5.74, 6) is 0.958. The molecule has 82 valence electrons. The lowest BCUT2D eigenvalue weighted by atomic mass is 10.1. The third-order valence-electron chi connectivity index (χ3n) is 3.46. The molecule has 1 aromatic heterocycles. The van der Waals surface area contributed by atoms with Crippen LogP contribution in [0.2, 0.25) is 0 Å². The summed E-state index contributed by atoms with van der Waals surface area (Å²) in [6.45, 7) is 3.29. The van der Waals surface area contributed by atoms with Crippen molar-refractivity contribution in [2.75, 3.05) is 0 Å². The molecule has 2 heteroatoms. The van der Waals surface area contributed by atoms with Gasteiger partial charge < -0.3 is 5.32 Å². The topological polar surface area (TPSA) is 24.9 Å². The van der Waals surface area contributed by atoms with Crippen molar-refractivity contribution in [3.63, 3.8) is 0 Å². The summed E-state index contributed by atoms with van der Waals surface area (Å²) in [5, 5.41) is 3.63. The molecule has 0 radical (unpaired) electrons. The van der Waals surface area contributed by atoms with E-state index in [0.29, 0.717) is 0 Å². The van der Waals surface area contributed by atoms with E-state index in [9.17, 15) is 0 Å². The molecule has 2 nitrogen and oxygen atoms in total. The Kier molecular flexibility index (Phi) is 3.73. The molecule has 1 saturated carbocycles. The number of hydrogen-bond donors (Lipinski definition) is 1. The van der Waals surface area contributed by atoms with Crippen LogP contribution in [0, 0.1) is 5.92 Å². The first-order valence-electron chi connectivity index (χ1n) is 6.00. The lowest BCUT2D eigenvalue weighted by Crippen LogP contribution is -2.25. The monoisotopic (exact) mass is 204 g/mol. The Balaban J connectivity index is 1.75. The Morgan fingerprint density at radius 1 is 1.33 bits per heavy atom. The minimum Gasteiger partial charge on any atom is -0.310 e. The Morgan fingerprint density at radius 2 is 2.13 bits per heavy atom. The van der Waals surface area contributed by atoms with Crippen molar-refractivity contribution in [3.8, 4) is 0 Å². The maximum Gasteiger partial charge on any atom is 0.0271 e. The van der Waals surface area contributed by atoms with Crippen LogP contribution in [0.15, 0.2) is 24.5 Å². The van der Waals surface area contributed by atoms with Crippen molar-refractivity contribution >= 4 is 0 Å². The molecule has 1 heterocycles. The van der Waals surface area contributed by atoms with Crippen LogP contribution in [0.5, 0.6) is 0 Å². The predicted molar refractivity (Wildman–Crippen MR) is 62.5 cm³/mol. The summed E-state index contributed by atoms with van der Waals surface area (Å²) < 4.78 is 0. The molecule has 1 aromatic rings. The van der Waals surface area contributed by atoms with E-state index in [1.165, 1.54) is 31.2 Å². The lowest BCUT2D eigenvalue weighted by Gasteiger charge is -2.12. The van der Waals surface area contributed by atoms with E-state index in [0.717, 1.165) is 18.5 Å². The zero-order valence-corrected chi connectivity index (χ0v) is 9.45. The summed E-state index contributed by atoms with van der Waals surface area (Å²) in [6, 6.07) is 4.90. The van der Waals surface area contributed by atoms with Crippen LogP contribution in [0.3, 0.4) is 0 Å².